The number of ether oxygens (including phenoxy) is 7. The Balaban J connectivity index is 1.85. The van der Waals surface area contributed by atoms with Gasteiger partial charge in [-0.1, -0.05) is 25.3 Å². The van der Waals surface area contributed by atoms with Gasteiger partial charge in [0, 0.05) is 25.8 Å². The lowest BCUT2D eigenvalue weighted by atomic mass is 10.0. The number of methoxy groups -OCH3 is 3. The molecule has 2 aromatic carbocycles. The second kappa shape index (κ2) is 15.2. The highest BCUT2D eigenvalue weighted by molar-refractivity contribution is 5.88. The molecule has 2 rings (SSSR count). The molecule has 194 valence electrons. The maximum absolute atomic E-state index is 11.7. The Bertz CT molecular complexity index is 1030. The predicted octanol–water partition coefficient (Wildman–Crippen LogP) is 3.61. The molecule has 0 saturated carbocycles. The molecule has 0 radical (unpaired) electrons. The van der Waals surface area contributed by atoms with E-state index in [4.69, 9.17) is 33.2 Å². The van der Waals surface area contributed by atoms with Crippen molar-refractivity contribution in [1.29, 1.82) is 0 Å². The summed E-state index contributed by atoms with van der Waals surface area (Å²) in [6.07, 6.45) is 0. The van der Waals surface area contributed by atoms with Crippen LogP contribution < -0.4 is 14.2 Å². The first-order valence-electron chi connectivity index (χ1n) is 11.1. The van der Waals surface area contributed by atoms with Crippen LogP contribution in [-0.4, -0.2) is 72.9 Å². The Morgan fingerprint density at radius 1 is 0.694 bits per heavy atom. The second-order valence-electron chi connectivity index (χ2n) is 7.43. The fourth-order valence-corrected chi connectivity index (χ4v) is 2.99. The van der Waals surface area contributed by atoms with Gasteiger partial charge in [-0.05, 0) is 29.8 Å². The van der Waals surface area contributed by atoms with E-state index in [2.05, 4.69) is 13.2 Å². The fourth-order valence-electron chi connectivity index (χ4n) is 2.99. The Labute approximate surface area is 211 Å². The number of hydrogen-bond donors (Lipinski definition) is 0. The maximum Gasteiger partial charge on any atom is 0.335 e. The lowest BCUT2D eigenvalue weighted by Gasteiger charge is -2.13. The molecule has 0 amide bonds. The van der Waals surface area contributed by atoms with Crippen molar-refractivity contribution >= 4 is 11.9 Å². The molecule has 0 bridgehead atoms. The van der Waals surface area contributed by atoms with Crippen LogP contribution in [0.2, 0.25) is 0 Å². The molecule has 36 heavy (non-hydrogen) atoms. The largest absolute Gasteiger partial charge is 0.496 e. The van der Waals surface area contributed by atoms with Crippen molar-refractivity contribution in [3.05, 3.63) is 66.8 Å². The summed E-state index contributed by atoms with van der Waals surface area (Å²) >= 11 is 0. The number of esters is 2. The number of carbonyl (C=O) groups is 2. The summed E-state index contributed by atoms with van der Waals surface area (Å²) in [5.74, 6) is 0.797. The summed E-state index contributed by atoms with van der Waals surface area (Å²) in [6.45, 7) is 7.99. The normalized spacial score (nSPS) is 10.3. The van der Waals surface area contributed by atoms with Crippen molar-refractivity contribution in [2.45, 2.75) is 0 Å². The maximum atomic E-state index is 11.7. The molecular formula is C27H32O9. The van der Waals surface area contributed by atoms with Crippen molar-refractivity contribution < 1.29 is 42.7 Å². The highest BCUT2D eigenvalue weighted by Gasteiger charge is 2.11. The minimum absolute atomic E-state index is 0.0776. The molecule has 0 atom stereocenters. The summed E-state index contributed by atoms with van der Waals surface area (Å²) in [7, 11) is 4.53. The third-order valence-electron chi connectivity index (χ3n) is 4.72. The minimum Gasteiger partial charge on any atom is -0.496 e. The van der Waals surface area contributed by atoms with Gasteiger partial charge < -0.3 is 33.2 Å². The molecule has 0 unspecified atom stereocenters. The molecule has 9 nitrogen and oxygen atoms in total. The van der Waals surface area contributed by atoms with E-state index in [-0.39, 0.29) is 50.8 Å². The molecule has 2 aromatic rings. The van der Waals surface area contributed by atoms with Gasteiger partial charge in [-0.3, -0.25) is 0 Å². The molecule has 0 fully saturated rings. The van der Waals surface area contributed by atoms with E-state index >= 15 is 0 Å². The quantitative estimate of drug-likeness (QED) is 0.194. The SMILES string of the molecule is C=C(COC)C(=O)OCCOc1ccc(-c2ccc(OCCOC(=O)C(=C)COC)cc2OC)cc1. The smallest absolute Gasteiger partial charge is 0.335 e. The number of hydrogen-bond acceptors (Lipinski definition) is 9. The lowest BCUT2D eigenvalue weighted by molar-refractivity contribution is -0.141. The highest BCUT2D eigenvalue weighted by Crippen LogP contribution is 2.34. The third kappa shape index (κ3) is 9.09. The van der Waals surface area contributed by atoms with E-state index < -0.39 is 11.9 Å². The summed E-state index contributed by atoms with van der Waals surface area (Å²) in [4.78, 5) is 23.4. The minimum atomic E-state index is -0.519. The Hall–Kier alpha value is -3.82. The Morgan fingerprint density at radius 3 is 1.69 bits per heavy atom. The first-order valence-corrected chi connectivity index (χ1v) is 11.1. The predicted molar refractivity (Wildman–Crippen MR) is 133 cm³/mol. The second-order valence-corrected chi connectivity index (χ2v) is 7.43. The Morgan fingerprint density at radius 2 is 1.19 bits per heavy atom. The van der Waals surface area contributed by atoms with Gasteiger partial charge in [-0.2, -0.15) is 0 Å². The monoisotopic (exact) mass is 500 g/mol. The molecule has 9 heteroatoms. The van der Waals surface area contributed by atoms with E-state index in [9.17, 15) is 9.59 Å². The zero-order chi connectivity index (χ0) is 26.3. The van der Waals surface area contributed by atoms with Gasteiger partial charge >= 0.3 is 11.9 Å². The van der Waals surface area contributed by atoms with Gasteiger partial charge in [0.25, 0.3) is 0 Å². The van der Waals surface area contributed by atoms with Crippen LogP contribution in [0.15, 0.2) is 66.8 Å². The zero-order valence-electron chi connectivity index (χ0n) is 20.9. The van der Waals surface area contributed by atoms with Crippen molar-refractivity contribution in [3.8, 4) is 28.4 Å². The van der Waals surface area contributed by atoms with Crippen LogP contribution in [0, 0.1) is 0 Å². The number of rotatable bonds is 16. The van der Waals surface area contributed by atoms with Gasteiger partial charge in [0.2, 0.25) is 0 Å². The van der Waals surface area contributed by atoms with Crippen LogP contribution in [0.25, 0.3) is 11.1 Å². The standard InChI is InChI=1S/C27H32O9/c1-19(17-30-3)26(28)35-14-12-33-22-8-6-21(7-9-22)24-11-10-23(16-25(24)32-5)34-13-15-36-27(29)20(2)18-31-4/h6-11,16H,1-2,12-15,17-18H2,3-5H3. The van der Waals surface area contributed by atoms with Gasteiger partial charge in [0.1, 0.15) is 43.7 Å². The van der Waals surface area contributed by atoms with Crippen LogP contribution in [0.1, 0.15) is 0 Å². The molecule has 0 spiro atoms. The van der Waals surface area contributed by atoms with E-state index in [0.29, 0.717) is 17.2 Å². The van der Waals surface area contributed by atoms with Crippen LogP contribution >= 0.6 is 0 Å². The highest BCUT2D eigenvalue weighted by atomic mass is 16.6. The van der Waals surface area contributed by atoms with Gasteiger partial charge in [-0.25, -0.2) is 9.59 Å². The topological polar surface area (TPSA) is 98.8 Å². The van der Waals surface area contributed by atoms with E-state index in [1.54, 1.807) is 19.2 Å². The summed E-state index contributed by atoms with van der Waals surface area (Å²) in [5, 5.41) is 0. The molecule has 0 heterocycles. The van der Waals surface area contributed by atoms with Crippen molar-refractivity contribution in [2.75, 3.05) is 61.0 Å². The first-order chi connectivity index (χ1) is 17.4. The van der Waals surface area contributed by atoms with Gasteiger partial charge in [-0.15, -0.1) is 0 Å². The van der Waals surface area contributed by atoms with Crippen molar-refractivity contribution in [3.63, 3.8) is 0 Å². The van der Waals surface area contributed by atoms with E-state index in [1.807, 2.05) is 30.3 Å². The molecule has 0 aliphatic heterocycles. The summed E-state index contributed by atoms with van der Waals surface area (Å²) in [6, 6.07) is 12.9. The molecule has 0 saturated heterocycles. The fraction of sp³-hybridized carbons (Fsp3) is 0.333. The van der Waals surface area contributed by atoms with Crippen LogP contribution in [0.5, 0.6) is 17.2 Å². The molecule has 0 aromatic heterocycles. The van der Waals surface area contributed by atoms with Crippen molar-refractivity contribution in [2.24, 2.45) is 0 Å². The lowest BCUT2D eigenvalue weighted by Crippen LogP contribution is -2.15. The van der Waals surface area contributed by atoms with Crippen LogP contribution in [0.4, 0.5) is 0 Å². The average molecular weight is 501 g/mol. The zero-order valence-corrected chi connectivity index (χ0v) is 20.9. The first kappa shape index (κ1) is 28.4. The van der Waals surface area contributed by atoms with E-state index in [0.717, 1.165) is 11.1 Å². The Kier molecular flexibility index (Phi) is 12.0. The molecule has 0 aliphatic rings. The molecular weight excluding hydrogens is 468 g/mol. The number of benzene rings is 2. The van der Waals surface area contributed by atoms with Gasteiger partial charge in [0.05, 0.1) is 31.5 Å². The molecule has 0 aliphatic carbocycles. The van der Waals surface area contributed by atoms with Crippen molar-refractivity contribution in [1.82, 2.24) is 0 Å². The van der Waals surface area contributed by atoms with E-state index in [1.165, 1.54) is 14.2 Å². The summed E-state index contributed by atoms with van der Waals surface area (Å²) in [5.41, 5.74) is 2.27. The van der Waals surface area contributed by atoms with Crippen LogP contribution in [-0.2, 0) is 28.5 Å². The molecule has 0 N–H and O–H groups in total. The summed E-state index contributed by atoms with van der Waals surface area (Å²) < 4.78 is 36.7. The van der Waals surface area contributed by atoms with Crippen LogP contribution in [0.3, 0.4) is 0 Å². The third-order valence-corrected chi connectivity index (χ3v) is 4.72. The number of carbonyl (C=O) groups excluding carboxylic acids is 2. The van der Waals surface area contributed by atoms with Gasteiger partial charge in [0.15, 0.2) is 0 Å². The average Bonchev–Trinajstić information content (AvgIpc) is 2.89.